The molecule has 0 atom stereocenters. The third kappa shape index (κ3) is 4.97. The van der Waals surface area contributed by atoms with E-state index in [0.29, 0.717) is 11.4 Å². The third-order valence-corrected chi connectivity index (χ3v) is 1.85. The van der Waals surface area contributed by atoms with E-state index in [1.54, 1.807) is 12.1 Å². The van der Waals surface area contributed by atoms with Crippen LogP contribution in [-0.2, 0) is 6.42 Å². The van der Waals surface area contributed by atoms with Gasteiger partial charge in [-0.05, 0) is 17.7 Å². The lowest BCUT2D eigenvalue weighted by Crippen LogP contribution is -2.19. The van der Waals surface area contributed by atoms with Crippen molar-refractivity contribution in [3.63, 3.8) is 0 Å². The van der Waals surface area contributed by atoms with Gasteiger partial charge in [0.1, 0.15) is 5.75 Å². The van der Waals surface area contributed by atoms with Crippen molar-refractivity contribution in [1.82, 2.24) is 0 Å². The average molecular weight is 249 g/mol. The first-order valence-electron chi connectivity index (χ1n) is 4.43. The maximum atomic E-state index is 11.8. The SMILES string of the molecule is NC(=S)Cc1ccc(OCC(F)(F)F)cc1. The van der Waals surface area contributed by atoms with Gasteiger partial charge in [-0.25, -0.2) is 0 Å². The molecule has 0 fully saturated rings. The van der Waals surface area contributed by atoms with E-state index in [-0.39, 0.29) is 5.75 Å². The first kappa shape index (κ1) is 12.8. The Balaban J connectivity index is 2.55. The fourth-order valence-electron chi connectivity index (χ4n) is 1.07. The lowest BCUT2D eigenvalue weighted by atomic mass is 10.1. The van der Waals surface area contributed by atoms with E-state index in [4.69, 9.17) is 18.0 Å². The van der Waals surface area contributed by atoms with Crippen LogP contribution in [0.15, 0.2) is 24.3 Å². The summed E-state index contributed by atoms with van der Waals surface area (Å²) in [6.07, 6.45) is -3.90. The zero-order valence-electron chi connectivity index (χ0n) is 8.25. The van der Waals surface area contributed by atoms with Gasteiger partial charge in [0, 0.05) is 6.42 Å². The van der Waals surface area contributed by atoms with Crippen molar-refractivity contribution in [2.45, 2.75) is 12.6 Å². The molecule has 0 amide bonds. The van der Waals surface area contributed by atoms with Crippen molar-refractivity contribution in [1.29, 1.82) is 0 Å². The minimum Gasteiger partial charge on any atom is -0.484 e. The van der Waals surface area contributed by atoms with Crippen molar-refractivity contribution < 1.29 is 17.9 Å². The van der Waals surface area contributed by atoms with Crippen LogP contribution in [0.25, 0.3) is 0 Å². The number of halogens is 3. The fraction of sp³-hybridized carbons (Fsp3) is 0.300. The normalized spacial score (nSPS) is 11.2. The number of alkyl halides is 3. The van der Waals surface area contributed by atoms with E-state index in [2.05, 4.69) is 4.74 Å². The van der Waals surface area contributed by atoms with Crippen LogP contribution < -0.4 is 10.5 Å². The van der Waals surface area contributed by atoms with Crippen molar-refractivity contribution in [2.24, 2.45) is 5.73 Å². The third-order valence-electron chi connectivity index (χ3n) is 1.70. The maximum absolute atomic E-state index is 11.8. The van der Waals surface area contributed by atoms with Crippen molar-refractivity contribution in [2.75, 3.05) is 6.61 Å². The summed E-state index contributed by atoms with van der Waals surface area (Å²) in [5.41, 5.74) is 6.17. The molecule has 6 heteroatoms. The first-order valence-corrected chi connectivity index (χ1v) is 4.84. The first-order chi connectivity index (χ1) is 7.37. The monoisotopic (exact) mass is 249 g/mol. The van der Waals surface area contributed by atoms with Crippen LogP contribution in [0.4, 0.5) is 13.2 Å². The van der Waals surface area contributed by atoms with Crippen LogP contribution in [0.5, 0.6) is 5.75 Å². The molecular formula is C10H10F3NOS. The van der Waals surface area contributed by atoms with Crippen LogP contribution >= 0.6 is 12.2 Å². The standard InChI is InChI=1S/C10H10F3NOS/c11-10(12,13)6-15-8-3-1-7(2-4-8)5-9(14)16/h1-4H,5-6H2,(H2,14,16). The molecule has 1 rings (SSSR count). The molecule has 0 aliphatic heterocycles. The smallest absolute Gasteiger partial charge is 0.422 e. The zero-order valence-corrected chi connectivity index (χ0v) is 9.07. The fourth-order valence-corrected chi connectivity index (χ4v) is 1.24. The van der Waals surface area contributed by atoms with Gasteiger partial charge in [-0.3, -0.25) is 0 Å². The number of thiocarbonyl (C=S) groups is 1. The Labute approximate surface area is 96.2 Å². The lowest BCUT2D eigenvalue weighted by Gasteiger charge is -2.09. The summed E-state index contributed by atoms with van der Waals surface area (Å²) in [5, 5.41) is 0. The van der Waals surface area contributed by atoms with Gasteiger partial charge < -0.3 is 10.5 Å². The van der Waals surface area contributed by atoms with Crippen LogP contribution in [0, 0.1) is 0 Å². The number of nitrogens with two attached hydrogens (primary N) is 1. The Morgan fingerprint density at radius 2 is 1.81 bits per heavy atom. The molecule has 0 bridgehead atoms. The number of benzene rings is 1. The molecule has 0 aromatic heterocycles. The quantitative estimate of drug-likeness (QED) is 0.832. The molecular weight excluding hydrogens is 239 g/mol. The molecule has 2 nitrogen and oxygen atoms in total. The highest BCUT2D eigenvalue weighted by Gasteiger charge is 2.28. The van der Waals surface area contributed by atoms with Gasteiger partial charge in [-0.1, -0.05) is 24.4 Å². The van der Waals surface area contributed by atoms with Crippen molar-refractivity contribution in [3.8, 4) is 5.75 Å². The molecule has 0 heterocycles. The second-order valence-corrected chi connectivity index (χ2v) is 3.72. The summed E-state index contributed by atoms with van der Waals surface area (Å²) in [6.45, 7) is -1.29. The van der Waals surface area contributed by atoms with Gasteiger partial charge in [0.25, 0.3) is 0 Å². The summed E-state index contributed by atoms with van der Waals surface area (Å²) in [5.74, 6) is 0.170. The summed E-state index contributed by atoms with van der Waals surface area (Å²) >= 11 is 4.71. The van der Waals surface area contributed by atoms with Crippen LogP contribution in [0.2, 0.25) is 0 Å². The Hall–Kier alpha value is -1.30. The van der Waals surface area contributed by atoms with E-state index in [1.165, 1.54) is 12.1 Å². The molecule has 0 aliphatic carbocycles. The molecule has 1 aromatic carbocycles. The summed E-state index contributed by atoms with van der Waals surface area (Å²) in [4.78, 5) is 0.337. The largest absolute Gasteiger partial charge is 0.484 e. The predicted octanol–water partition coefficient (Wildman–Crippen LogP) is 2.46. The van der Waals surface area contributed by atoms with Crippen LogP contribution in [0.3, 0.4) is 0 Å². The molecule has 2 N–H and O–H groups in total. The second-order valence-electron chi connectivity index (χ2n) is 3.19. The number of ether oxygens (including phenoxy) is 1. The van der Waals surface area contributed by atoms with Crippen molar-refractivity contribution >= 4 is 17.2 Å². The van der Waals surface area contributed by atoms with Gasteiger partial charge in [0.05, 0.1) is 4.99 Å². The van der Waals surface area contributed by atoms with Crippen LogP contribution in [-0.4, -0.2) is 17.8 Å². The Morgan fingerprint density at radius 3 is 2.25 bits per heavy atom. The highest BCUT2D eigenvalue weighted by Crippen LogP contribution is 2.18. The van der Waals surface area contributed by atoms with E-state index < -0.39 is 12.8 Å². The molecule has 16 heavy (non-hydrogen) atoms. The number of hydrogen-bond donors (Lipinski definition) is 1. The van der Waals surface area contributed by atoms with Gasteiger partial charge >= 0.3 is 6.18 Å². The molecule has 88 valence electrons. The molecule has 0 radical (unpaired) electrons. The highest BCUT2D eigenvalue weighted by atomic mass is 32.1. The molecule has 0 saturated heterocycles. The molecule has 0 unspecified atom stereocenters. The van der Waals surface area contributed by atoms with E-state index >= 15 is 0 Å². The van der Waals surface area contributed by atoms with Gasteiger partial charge in [-0.15, -0.1) is 0 Å². The van der Waals surface area contributed by atoms with E-state index in [1.807, 2.05) is 0 Å². The molecule has 0 spiro atoms. The summed E-state index contributed by atoms with van der Waals surface area (Å²) in [7, 11) is 0. The Bertz CT molecular complexity index is 361. The Kier molecular flexibility index (Phi) is 4.12. The van der Waals surface area contributed by atoms with Crippen LogP contribution in [0.1, 0.15) is 5.56 Å². The lowest BCUT2D eigenvalue weighted by molar-refractivity contribution is -0.153. The molecule has 1 aromatic rings. The minimum atomic E-state index is -4.32. The van der Waals surface area contributed by atoms with E-state index in [9.17, 15) is 13.2 Å². The predicted molar refractivity (Wildman–Crippen MR) is 58.5 cm³/mol. The Morgan fingerprint density at radius 1 is 1.25 bits per heavy atom. The number of hydrogen-bond acceptors (Lipinski definition) is 2. The van der Waals surface area contributed by atoms with Crippen molar-refractivity contribution in [3.05, 3.63) is 29.8 Å². The van der Waals surface area contributed by atoms with Gasteiger partial charge in [0.15, 0.2) is 6.61 Å². The van der Waals surface area contributed by atoms with E-state index in [0.717, 1.165) is 5.56 Å². The maximum Gasteiger partial charge on any atom is 0.422 e. The summed E-state index contributed by atoms with van der Waals surface area (Å²) < 4.78 is 40.0. The molecule has 0 aliphatic rings. The summed E-state index contributed by atoms with van der Waals surface area (Å²) in [6, 6.07) is 6.18. The number of rotatable bonds is 4. The minimum absolute atomic E-state index is 0.170. The second kappa shape index (κ2) is 5.16. The average Bonchev–Trinajstić information content (AvgIpc) is 2.14. The van der Waals surface area contributed by atoms with Gasteiger partial charge in [0.2, 0.25) is 0 Å². The highest BCUT2D eigenvalue weighted by molar-refractivity contribution is 7.80. The zero-order chi connectivity index (χ0) is 12.2. The van der Waals surface area contributed by atoms with Gasteiger partial charge in [-0.2, -0.15) is 13.2 Å². The topological polar surface area (TPSA) is 35.2 Å². The molecule has 0 saturated carbocycles.